The number of fused-ring (bicyclic) bond motifs is 1. The van der Waals surface area contributed by atoms with Crippen LogP contribution in [0, 0.1) is 0 Å². The Morgan fingerprint density at radius 2 is 2.06 bits per heavy atom. The standard InChI is InChI=1S/C15H22N2O/c1-10-7-8-14(17-11(2)9-15(16)18)13-6-4-3-5-12(10)13/h3-6,10-11,14,17H,7-9H2,1-2H3,(H2,16,18)/t10-,11+,14-/m1/s1. The third-order valence-corrected chi connectivity index (χ3v) is 3.78. The highest BCUT2D eigenvalue weighted by Gasteiger charge is 2.25. The third kappa shape index (κ3) is 2.91. The lowest BCUT2D eigenvalue weighted by Gasteiger charge is -2.32. The fourth-order valence-electron chi connectivity index (χ4n) is 2.88. The summed E-state index contributed by atoms with van der Waals surface area (Å²) in [5.74, 6) is 0.387. The first-order valence-corrected chi connectivity index (χ1v) is 6.71. The molecule has 0 aromatic heterocycles. The third-order valence-electron chi connectivity index (χ3n) is 3.78. The van der Waals surface area contributed by atoms with Crippen molar-refractivity contribution in [3.63, 3.8) is 0 Å². The molecule has 0 saturated heterocycles. The topological polar surface area (TPSA) is 55.1 Å². The van der Waals surface area contributed by atoms with Crippen molar-refractivity contribution in [2.45, 2.75) is 51.1 Å². The molecule has 18 heavy (non-hydrogen) atoms. The van der Waals surface area contributed by atoms with Crippen LogP contribution in [0.4, 0.5) is 0 Å². The highest BCUT2D eigenvalue weighted by molar-refractivity contribution is 5.74. The summed E-state index contributed by atoms with van der Waals surface area (Å²) in [6.45, 7) is 4.30. The van der Waals surface area contributed by atoms with E-state index in [-0.39, 0.29) is 11.9 Å². The van der Waals surface area contributed by atoms with E-state index in [2.05, 4.69) is 36.5 Å². The Morgan fingerprint density at radius 3 is 2.72 bits per heavy atom. The van der Waals surface area contributed by atoms with Gasteiger partial charge in [0.05, 0.1) is 0 Å². The summed E-state index contributed by atoms with van der Waals surface area (Å²) < 4.78 is 0. The van der Waals surface area contributed by atoms with Gasteiger partial charge >= 0.3 is 0 Å². The van der Waals surface area contributed by atoms with Gasteiger partial charge in [0.2, 0.25) is 5.91 Å². The molecule has 0 fully saturated rings. The van der Waals surface area contributed by atoms with Gasteiger partial charge in [-0.2, -0.15) is 0 Å². The van der Waals surface area contributed by atoms with E-state index in [4.69, 9.17) is 5.73 Å². The van der Waals surface area contributed by atoms with Crippen LogP contribution in [0.25, 0.3) is 0 Å². The van der Waals surface area contributed by atoms with E-state index in [1.54, 1.807) is 0 Å². The Bertz CT molecular complexity index is 430. The van der Waals surface area contributed by atoms with Crippen molar-refractivity contribution in [1.29, 1.82) is 0 Å². The van der Waals surface area contributed by atoms with Crippen LogP contribution < -0.4 is 11.1 Å². The predicted molar refractivity (Wildman–Crippen MR) is 73.2 cm³/mol. The Balaban J connectivity index is 2.11. The minimum absolute atomic E-state index is 0.133. The molecule has 0 radical (unpaired) electrons. The lowest BCUT2D eigenvalue weighted by Crippen LogP contribution is -2.35. The molecule has 0 heterocycles. The largest absolute Gasteiger partial charge is 0.370 e. The number of carbonyl (C=O) groups is 1. The zero-order valence-corrected chi connectivity index (χ0v) is 11.1. The van der Waals surface area contributed by atoms with Gasteiger partial charge in [0.15, 0.2) is 0 Å². The lowest BCUT2D eigenvalue weighted by molar-refractivity contribution is -0.118. The summed E-state index contributed by atoms with van der Waals surface area (Å²) in [4.78, 5) is 10.9. The van der Waals surface area contributed by atoms with Crippen molar-refractivity contribution in [3.8, 4) is 0 Å². The van der Waals surface area contributed by atoms with Crippen LogP contribution in [0.5, 0.6) is 0 Å². The fourth-order valence-corrected chi connectivity index (χ4v) is 2.88. The average molecular weight is 246 g/mol. The molecule has 3 N–H and O–H groups in total. The fraction of sp³-hybridized carbons (Fsp3) is 0.533. The minimum atomic E-state index is -0.243. The first kappa shape index (κ1) is 13.1. The van der Waals surface area contributed by atoms with E-state index < -0.39 is 0 Å². The summed E-state index contributed by atoms with van der Waals surface area (Å²) in [6.07, 6.45) is 2.72. The predicted octanol–water partition coefficient (Wildman–Crippen LogP) is 2.48. The summed E-state index contributed by atoms with van der Waals surface area (Å²) in [6, 6.07) is 9.09. The molecular weight excluding hydrogens is 224 g/mol. The SMILES string of the molecule is C[C@@H]1CC[C@@H](N[C@@H](C)CC(N)=O)c2ccccc21. The van der Waals surface area contributed by atoms with Crippen LogP contribution in [0.3, 0.4) is 0 Å². The van der Waals surface area contributed by atoms with Crippen molar-refractivity contribution in [3.05, 3.63) is 35.4 Å². The molecule has 0 spiro atoms. The molecule has 3 heteroatoms. The van der Waals surface area contributed by atoms with E-state index in [0.717, 1.165) is 6.42 Å². The number of carbonyl (C=O) groups excluding carboxylic acids is 1. The number of amides is 1. The van der Waals surface area contributed by atoms with Crippen LogP contribution >= 0.6 is 0 Å². The Labute approximate surface area is 109 Å². The van der Waals surface area contributed by atoms with Gasteiger partial charge in [-0.1, -0.05) is 31.2 Å². The van der Waals surface area contributed by atoms with Crippen molar-refractivity contribution in [2.75, 3.05) is 0 Å². The second kappa shape index (κ2) is 5.53. The second-order valence-electron chi connectivity index (χ2n) is 5.40. The van der Waals surface area contributed by atoms with E-state index in [1.165, 1.54) is 17.5 Å². The van der Waals surface area contributed by atoms with Crippen molar-refractivity contribution in [2.24, 2.45) is 5.73 Å². The zero-order chi connectivity index (χ0) is 13.1. The molecule has 1 aliphatic rings. The lowest BCUT2D eigenvalue weighted by atomic mass is 9.81. The maximum Gasteiger partial charge on any atom is 0.218 e. The molecule has 0 aliphatic heterocycles. The molecule has 1 aliphatic carbocycles. The molecule has 1 aromatic carbocycles. The summed E-state index contributed by atoms with van der Waals surface area (Å²) in [7, 11) is 0. The van der Waals surface area contributed by atoms with Crippen LogP contribution in [0.2, 0.25) is 0 Å². The number of rotatable bonds is 4. The second-order valence-corrected chi connectivity index (χ2v) is 5.40. The maximum absolute atomic E-state index is 10.9. The van der Waals surface area contributed by atoms with Gasteiger partial charge in [0.1, 0.15) is 0 Å². The highest BCUT2D eigenvalue weighted by atomic mass is 16.1. The van der Waals surface area contributed by atoms with Gasteiger partial charge in [-0.25, -0.2) is 0 Å². The molecule has 0 saturated carbocycles. The number of hydrogen-bond donors (Lipinski definition) is 2. The van der Waals surface area contributed by atoms with Gasteiger partial charge in [0.25, 0.3) is 0 Å². The van der Waals surface area contributed by atoms with Crippen molar-refractivity contribution in [1.82, 2.24) is 5.32 Å². The molecule has 1 aromatic rings. The monoisotopic (exact) mass is 246 g/mol. The molecular formula is C15H22N2O. The average Bonchev–Trinajstić information content (AvgIpc) is 2.32. The summed E-state index contributed by atoms with van der Waals surface area (Å²) in [5.41, 5.74) is 8.06. The van der Waals surface area contributed by atoms with Crippen LogP contribution in [0.1, 0.15) is 56.2 Å². The summed E-state index contributed by atoms with van der Waals surface area (Å²) >= 11 is 0. The highest BCUT2D eigenvalue weighted by Crippen LogP contribution is 2.37. The van der Waals surface area contributed by atoms with Gasteiger partial charge in [0, 0.05) is 18.5 Å². The molecule has 2 rings (SSSR count). The number of nitrogens with two attached hydrogens (primary N) is 1. The molecule has 98 valence electrons. The quantitative estimate of drug-likeness (QED) is 0.857. The number of hydrogen-bond acceptors (Lipinski definition) is 2. The number of benzene rings is 1. The number of primary amides is 1. The first-order valence-electron chi connectivity index (χ1n) is 6.71. The normalized spacial score (nSPS) is 24.3. The number of nitrogens with one attached hydrogen (secondary N) is 1. The van der Waals surface area contributed by atoms with Crippen molar-refractivity contribution >= 4 is 5.91 Å². The van der Waals surface area contributed by atoms with E-state index in [0.29, 0.717) is 18.4 Å². The van der Waals surface area contributed by atoms with Crippen LogP contribution in [-0.2, 0) is 4.79 Å². The molecule has 0 unspecified atom stereocenters. The first-order chi connectivity index (χ1) is 8.58. The van der Waals surface area contributed by atoms with Gasteiger partial charge in [-0.3, -0.25) is 4.79 Å². The van der Waals surface area contributed by atoms with Crippen LogP contribution in [-0.4, -0.2) is 11.9 Å². The smallest absolute Gasteiger partial charge is 0.218 e. The van der Waals surface area contributed by atoms with E-state index in [9.17, 15) is 4.79 Å². The zero-order valence-electron chi connectivity index (χ0n) is 11.1. The van der Waals surface area contributed by atoms with Crippen LogP contribution in [0.15, 0.2) is 24.3 Å². The summed E-state index contributed by atoms with van der Waals surface area (Å²) in [5, 5.41) is 3.53. The minimum Gasteiger partial charge on any atom is -0.370 e. The maximum atomic E-state index is 10.9. The van der Waals surface area contributed by atoms with E-state index in [1.807, 2.05) is 6.92 Å². The molecule has 3 atom stereocenters. The van der Waals surface area contributed by atoms with Gasteiger partial charge in [-0.15, -0.1) is 0 Å². The molecule has 3 nitrogen and oxygen atoms in total. The Kier molecular flexibility index (Phi) is 4.02. The van der Waals surface area contributed by atoms with E-state index >= 15 is 0 Å². The Hall–Kier alpha value is -1.35. The van der Waals surface area contributed by atoms with Gasteiger partial charge < -0.3 is 11.1 Å². The van der Waals surface area contributed by atoms with Gasteiger partial charge in [-0.05, 0) is 36.8 Å². The molecule has 1 amide bonds. The van der Waals surface area contributed by atoms with Crippen molar-refractivity contribution < 1.29 is 4.79 Å². The molecule has 0 bridgehead atoms. The Morgan fingerprint density at radius 1 is 1.39 bits per heavy atom.